The van der Waals surface area contributed by atoms with Crippen molar-refractivity contribution in [1.29, 1.82) is 0 Å². The molecule has 1 aliphatic heterocycles. The van der Waals surface area contributed by atoms with Gasteiger partial charge in [-0.1, -0.05) is 19.1 Å². The predicted molar refractivity (Wildman–Crippen MR) is 88.4 cm³/mol. The number of benzene rings is 1. The Labute approximate surface area is 145 Å². The van der Waals surface area contributed by atoms with Crippen LogP contribution >= 0.6 is 0 Å². The van der Waals surface area contributed by atoms with E-state index in [1.807, 2.05) is 0 Å². The highest BCUT2D eigenvalue weighted by Gasteiger charge is 2.35. The molecule has 1 N–H and O–H groups in total. The Bertz CT molecular complexity index is 720. The summed E-state index contributed by atoms with van der Waals surface area (Å²) in [7, 11) is -3.43. The molecule has 140 valence electrons. The summed E-state index contributed by atoms with van der Waals surface area (Å²) in [5, 5.41) is 2.31. The third-order valence-corrected chi connectivity index (χ3v) is 6.14. The quantitative estimate of drug-likeness (QED) is 0.856. The maximum Gasteiger partial charge on any atom is 0.418 e. The highest BCUT2D eigenvalue weighted by molar-refractivity contribution is 7.89. The summed E-state index contributed by atoms with van der Waals surface area (Å²) in [6, 6.07) is 4.74. The minimum absolute atomic E-state index is 0.00174. The largest absolute Gasteiger partial charge is 0.418 e. The molecule has 2 rings (SSSR count). The maximum atomic E-state index is 13.0. The van der Waals surface area contributed by atoms with Crippen molar-refractivity contribution in [1.82, 2.24) is 4.31 Å². The van der Waals surface area contributed by atoms with Crippen LogP contribution in [-0.4, -0.2) is 37.5 Å². The number of piperidine rings is 1. The molecule has 5 nitrogen and oxygen atoms in total. The van der Waals surface area contributed by atoms with Gasteiger partial charge in [-0.25, -0.2) is 12.7 Å². The van der Waals surface area contributed by atoms with Crippen LogP contribution in [0.3, 0.4) is 0 Å². The predicted octanol–water partition coefficient (Wildman–Crippen LogP) is 3.10. The molecule has 9 heteroatoms. The highest BCUT2D eigenvalue weighted by atomic mass is 32.2. The van der Waals surface area contributed by atoms with Gasteiger partial charge in [-0.2, -0.15) is 13.2 Å². The third-order valence-electron chi connectivity index (χ3n) is 4.10. The minimum Gasteiger partial charge on any atom is -0.325 e. The number of hydrogen-bond donors (Lipinski definition) is 1. The standard InChI is InChI=1S/C16H21F3N2O3S/c1-2-10-25(23,24)21-9-5-6-12(11-21)15(22)20-14-8-4-3-7-13(14)16(17,18)19/h3-4,7-8,12H,2,5-6,9-11H2,1H3,(H,20,22)/t12-/m1/s1. The minimum atomic E-state index is -4.58. The van der Waals surface area contributed by atoms with Gasteiger partial charge in [-0.3, -0.25) is 4.79 Å². The van der Waals surface area contributed by atoms with E-state index in [4.69, 9.17) is 0 Å². The van der Waals surface area contributed by atoms with Crippen molar-refractivity contribution in [2.75, 3.05) is 24.2 Å². The number of carbonyl (C=O) groups is 1. The summed E-state index contributed by atoms with van der Waals surface area (Å²) < 4.78 is 64.6. The summed E-state index contributed by atoms with van der Waals surface area (Å²) in [4.78, 5) is 12.4. The molecule has 1 atom stereocenters. The number of halogens is 3. The second-order valence-electron chi connectivity index (χ2n) is 6.05. The van der Waals surface area contributed by atoms with Crippen LogP contribution in [0.4, 0.5) is 18.9 Å². The average Bonchev–Trinajstić information content (AvgIpc) is 2.54. The zero-order valence-electron chi connectivity index (χ0n) is 13.8. The van der Waals surface area contributed by atoms with E-state index in [-0.39, 0.29) is 18.0 Å². The normalized spacial score (nSPS) is 19.6. The lowest BCUT2D eigenvalue weighted by molar-refractivity contribution is -0.137. The summed E-state index contributed by atoms with van der Waals surface area (Å²) in [5.74, 6) is -1.26. The molecule has 1 aromatic rings. The summed E-state index contributed by atoms with van der Waals surface area (Å²) >= 11 is 0. The van der Waals surface area contributed by atoms with E-state index >= 15 is 0 Å². The van der Waals surface area contributed by atoms with E-state index in [1.54, 1.807) is 6.92 Å². The lowest BCUT2D eigenvalue weighted by Crippen LogP contribution is -2.44. The number of para-hydroxylation sites is 1. The monoisotopic (exact) mass is 378 g/mol. The molecule has 0 spiro atoms. The van der Waals surface area contributed by atoms with Crippen LogP contribution in [0.1, 0.15) is 31.7 Å². The van der Waals surface area contributed by atoms with Gasteiger partial charge < -0.3 is 5.32 Å². The van der Waals surface area contributed by atoms with Gasteiger partial charge in [-0.05, 0) is 31.4 Å². The molecule has 1 aromatic carbocycles. The van der Waals surface area contributed by atoms with Gasteiger partial charge >= 0.3 is 6.18 Å². The fourth-order valence-corrected chi connectivity index (χ4v) is 4.46. The Hall–Kier alpha value is -1.61. The Balaban J connectivity index is 2.12. The number of sulfonamides is 1. The molecule has 0 radical (unpaired) electrons. The number of nitrogens with zero attached hydrogens (tertiary/aromatic N) is 1. The number of amides is 1. The van der Waals surface area contributed by atoms with Gasteiger partial charge in [0.2, 0.25) is 15.9 Å². The van der Waals surface area contributed by atoms with E-state index in [1.165, 1.54) is 22.5 Å². The topological polar surface area (TPSA) is 66.5 Å². The highest BCUT2D eigenvalue weighted by Crippen LogP contribution is 2.35. The first-order valence-corrected chi connectivity index (χ1v) is 9.71. The van der Waals surface area contributed by atoms with Gasteiger partial charge in [0.15, 0.2) is 0 Å². The van der Waals surface area contributed by atoms with Crippen molar-refractivity contribution < 1.29 is 26.4 Å². The lowest BCUT2D eigenvalue weighted by Gasteiger charge is -2.31. The number of carbonyl (C=O) groups excluding carboxylic acids is 1. The Morgan fingerprint density at radius 2 is 2.00 bits per heavy atom. The Morgan fingerprint density at radius 3 is 2.64 bits per heavy atom. The molecule has 0 aromatic heterocycles. The van der Waals surface area contributed by atoms with Crippen molar-refractivity contribution in [3.05, 3.63) is 29.8 Å². The number of nitrogens with one attached hydrogen (secondary N) is 1. The number of hydrogen-bond acceptors (Lipinski definition) is 3. The summed E-state index contributed by atoms with van der Waals surface area (Å²) in [6.45, 7) is 2.09. The van der Waals surface area contributed by atoms with Gasteiger partial charge in [0, 0.05) is 13.1 Å². The van der Waals surface area contributed by atoms with Gasteiger partial charge in [0.05, 0.1) is 22.9 Å². The van der Waals surface area contributed by atoms with E-state index in [9.17, 15) is 26.4 Å². The lowest BCUT2D eigenvalue weighted by atomic mass is 9.98. The number of rotatable bonds is 5. The number of alkyl halides is 3. The maximum absolute atomic E-state index is 13.0. The second kappa shape index (κ2) is 7.74. The molecule has 1 heterocycles. The molecule has 1 saturated heterocycles. The molecule has 0 unspecified atom stereocenters. The van der Waals surface area contributed by atoms with E-state index in [2.05, 4.69) is 5.32 Å². The molecule has 0 aliphatic carbocycles. The Kier molecular flexibility index (Phi) is 6.10. The van der Waals surface area contributed by atoms with Crippen molar-refractivity contribution >= 4 is 21.6 Å². The molecule has 25 heavy (non-hydrogen) atoms. The summed E-state index contributed by atoms with van der Waals surface area (Å²) in [6.07, 6.45) is -3.16. The Morgan fingerprint density at radius 1 is 1.32 bits per heavy atom. The van der Waals surface area contributed by atoms with Crippen LogP contribution in [0.25, 0.3) is 0 Å². The fourth-order valence-electron chi connectivity index (χ4n) is 2.87. The first-order valence-electron chi connectivity index (χ1n) is 8.10. The van der Waals surface area contributed by atoms with Crippen LogP contribution in [-0.2, 0) is 21.0 Å². The van der Waals surface area contributed by atoms with Gasteiger partial charge in [-0.15, -0.1) is 0 Å². The van der Waals surface area contributed by atoms with Crippen molar-refractivity contribution in [2.24, 2.45) is 5.92 Å². The fraction of sp³-hybridized carbons (Fsp3) is 0.562. The smallest absolute Gasteiger partial charge is 0.325 e. The first kappa shape index (κ1) is 19.7. The van der Waals surface area contributed by atoms with Crippen LogP contribution < -0.4 is 5.32 Å². The molecule has 1 amide bonds. The van der Waals surface area contributed by atoms with Crippen molar-refractivity contribution in [2.45, 2.75) is 32.4 Å². The van der Waals surface area contributed by atoms with E-state index in [0.29, 0.717) is 25.8 Å². The van der Waals surface area contributed by atoms with Crippen molar-refractivity contribution in [3.8, 4) is 0 Å². The number of anilines is 1. The zero-order chi connectivity index (χ0) is 18.7. The molecular formula is C16H21F3N2O3S. The first-order chi connectivity index (χ1) is 11.6. The van der Waals surface area contributed by atoms with Crippen LogP contribution in [0.15, 0.2) is 24.3 Å². The molecule has 1 aliphatic rings. The average molecular weight is 378 g/mol. The molecule has 0 saturated carbocycles. The molecule has 1 fully saturated rings. The van der Waals surface area contributed by atoms with Gasteiger partial charge in [0.25, 0.3) is 0 Å². The molecular weight excluding hydrogens is 357 g/mol. The van der Waals surface area contributed by atoms with Gasteiger partial charge in [0.1, 0.15) is 0 Å². The van der Waals surface area contributed by atoms with Crippen molar-refractivity contribution in [3.63, 3.8) is 0 Å². The summed E-state index contributed by atoms with van der Waals surface area (Å²) in [5.41, 5.74) is -1.23. The van der Waals surface area contributed by atoms with Crippen LogP contribution in [0.5, 0.6) is 0 Å². The zero-order valence-corrected chi connectivity index (χ0v) is 14.7. The second-order valence-corrected chi connectivity index (χ2v) is 8.13. The van der Waals surface area contributed by atoms with Crippen LogP contribution in [0.2, 0.25) is 0 Å². The van der Waals surface area contributed by atoms with Crippen LogP contribution in [0, 0.1) is 5.92 Å². The van der Waals surface area contributed by atoms with E-state index < -0.39 is 33.6 Å². The van der Waals surface area contributed by atoms with E-state index in [0.717, 1.165) is 6.07 Å². The molecule has 0 bridgehead atoms. The third kappa shape index (κ3) is 4.94. The SMILES string of the molecule is CCCS(=O)(=O)N1CCC[C@@H](C(=O)Nc2ccccc2C(F)(F)F)C1.